The summed E-state index contributed by atoms with van der Waals surface area (Å²) in [6.07, 6.45) is 1.21. The van der Waals surface area contributed by atoms with Gasteiger partial charge in [0, 0.05) is 24.5 Å². The summed E-state index contributed by atoms with van der Waals surface area (Å²) in [5.41, 5.74) is 1.44. The number of carbonyl (C=O) groups is 1. The molecule has 0 bridgehead atoms. The van der Waals surface area contributed by atoms with Crippen molar-refractivity contribution in [1.82, 2.24) is 0 Å². The van der Waals surface area contributed by atoms with Crippen molar-refractivity contribution in [2.75, 3.05) is 23.5 Å². The number of carboxylic acid groups (broad SMARTS) is 1. The smallest absolute Gasteiger partial charge is 0.335 e. The first kappa shape index (κ1) is 11.3. The average molecular weight is 237 g/mol. The lowest BCUT2D eigenvalue weighted by molar-refractivity contribution is 0.0697. The van der Waals surface area contributed by atoms with Gasteiger partial charge in [-0.3, -0.25) is 0 Å². The number of thioether (sulfide) groups is 1. The van der Waals surface area contributed by atoms with Gasteiger partial charge in [0.05, 0.1) is 5.56 Å². The molecule has 1 heterocycles. The molecular weight excluding hydrogens is 222 g/mol. The zero-order valence-electron chi connectivity index (χ0n) is 9.22. The molecule has 1 aliphatic heterocycles. The molecule has 16 heavy (non-hydrogen) atoms. The lowest BCUT2D eigenvalue weighted by Gasteiger charge is -2.26. The maximum absolute atomic E-state index is 10.7. The Morgan fingerprint density at radius 2 is 2.12 bits per heavy atom. The molecule has 3 nitrogen and oxygen atoms in total. The molecule has 2 rings (SSSR count). The van der Waals surface area contributed by atoms with E-state index in [2.05, 4.69) is 11.9 Å². The van der Waals surface area contributed by atoms with Crippen LogP contribution in [0.15, 0.2) is 24.3 Å². The van der Waals surface area contributed by atoms with Gasteiger partial charge >= 0.3 is 5.97 Å². The van der Waals surface area contributed by atoms with Crippen molar-refractivity contribution in [2.45, 2.75) is 12.5 Å². The molecular formula is C12H15NO2S. The summed E-state index contributed by atoms with van der Waals surface area (Å²) in [5.74, 6) is 1.52. The van der Waals surface area contributed by atoms with E-state index < -0.39 is 5.97 Å². The van der Waals surface area contributed by atoms with Crippen molar-refractivity contribution < 1.29 is 9.90 Å². The Morgan fingerprint density at radius 1 is 1.44 bits per heavy atom. The van der Waals surface area contributed by atoms with Gasteiger partial charge in [0.15, 0.2) is 0 Å². The van der Waals surface area contributed by atoms with Crippen LogP contribution in [-0.4, -0.2) is 35.7 Å². The predicted octanol–water partition coefficient (Wildman–Crippen LogP) is 2.33. The third-order valence-corrected chi connectivity index (χ3v) is 4.12. The highest BCUT2D eigenvalue weighted by atomic mass is 32.2. The van der Waals surface area contributed by atoms with Crippen molar-refractivity contribution in [1.29, 1.82) is 0 Å². The highest BCUT2D eigenvalue weighted by Gasteiger charge is 2.20. The van der Waals surface area contributed by atoms with Gasteiger partial charge in [-0.05, 0) is 36.4 Å². The van der Waals surface area contributed by atoms with Crippen LogP contribution < -0.4 is 4.90 Å². The third kappa shape index (κ3) is 2.32. The summed E-state index contributed by atoms with van der Waals surface area (Å²) in [6, 6.07) is 7.67. The monoisotopic (exact) mass is 237 g/mol. The standard InChI is InChI=1S/C12H15NO2S/c1-13(11-6-7-16-8-11)10-4-2-9(3-5-10)12(14)15/h2-5,11H,6-8H2,1H3,(H,14,15). The number of benzene rings is 1. The Kier molecular flexibility index (Phi) is 3.39. The van der Waals surface area contributed by atoms with Gasteiger partial charge in [-0.1, -0.05) is 0 Å². The van der Waals surface area contributed by atoms with E-state index >= 15 is 0 Å². The molecule has 4 heteroatoms. The highest BCUT2D eigenvalue weighted by molar-refractivity contribution is 7.99. The minimum atomic E-state index is -0.870. The lowest BCUT2D eigenvalue weighted by Crippen LogP contribution is -2.31. The van der Waals surface area contributed by atoms with Gasteiger partial charge in [0.1, 0.15) is 0 Å². The largest absolute Gasteiger partial charge is 0.478 e. The molecule has 0 amide bonds. The minimum absolute atomic E-state index is 0.345. The Labute approximate surface area is 99.5 Å². The zero-order valence-corrected chi connectivity index (χ0v) is 10.0. The van der Waals surface area contributed by atoms with Crippen molar-refractivity contribution in [3.05, 3.63) is 29.8 Å². The molecule has 1 aromatic rings. The van der Waals surface area contributed by atoms with E-state index in [1.807, 2.05) is 23.9 Å². The summed E-state index contributed by atoms with van der Waals surface area (Å²) in [5, 5.41) is 8.81. The van der Waals surface area contributed by atoms with Crippen LogP contribution in [0.1, 0.15) is 16.8 Å². The highest BCUT2D eigenvalue weighted by Crippen LogP contribution is 2.25. The zero-order chi connectivity index (χ0) is 11.5. The summed E-state index contributed by atoms with van der Waals surface area (Å²) in [4.78, 5) is 13.0. The van der Waals surface area contributed by atoms with Crippen LogP contribution in [0.3, 0.4) is 0 Å². The molecule has 1 saturated heterocycles. The normalized spacial score (nSPS) is 19.7. The van der Waals surface area contributed by atoms with Gasteiger partial charge in [-0.25, -0.2) is 4.79 Å². The second-order valence-corrected chi connectivity index (χ2v) is 5.13. The SMILES string of the molecule is CN(c1ccc(C(=O)O)cc1)C1CCSC1. The molecule has 1 unspecified atom stereocenters. The van der Waals surface area contributed by atoms with E-state index in [9.17, 15) is 4.79 Å². The van der Waals surface area contributed by atoms with Crippen LogP contribution in [0.4, 0.5) is 5.69 Å². The first-order valence-corrected chi connectivity index (χ1v) is 6.48. The van der Waals surface area contributed by atoms with Crippen LogP contribution in [-0.2, 0) is 0 Å². The number of hydrogen-bond acceptors (Lipinski definition) is 3. The Hall–Kier alpha value is -1.16. The topological polar surface area (TPSA) is 40.5 Å². The predicted molar refractivity (Wildman–Crippen MR) is 67.5 cm³/mol. The fourth-order valence-electron chi connectivity index (χ4n) is 1.88. The number of hydrogen-bond donors (Lipinski definition) is 1. The van der Waals surface area contributed by atoms with E-state index in [1.54, 1.807) is 12.1 Å². The molecule has 1 aliphatic rings. The molecule has 0 aromatic heterocycles. The number of aromatic carboxylic acids is 1. The molecule has 1 atom stereocenters. The van der Waals surface area contributed by atoms with Crippen LogP contribution >= 0.6 is 11.8 Å². The van der Waals surface area contributed by atoms with E-state index in [-0.39, 0.29) is 0 Å². The Morgan fingerprint density at radius 3 is 2.62 bits per heavy atom. The van der Waals surface area contributed by atoms with Gasteiger partial charge in [0.25, 0.3) is 0 Å². The summed E-state index contributed by atoms with van der Waals surface area (Å²) < 4.78 is 0. The molecule has 0 spiro atoms. The minimum Gasteiger partial charge on any atom is -0.478 e. The van der Waals surface area contributed by atoms with E-state index in [4.69, 9.17) is 5.11 Å². The molecule has 86 valence electrons. The first-order chi connectivity index (χ1) is 7.68. The second-order valence-electron chi connectivity index (χ2n) is 3.98. The van der Waals surface area contributed by atoms with E-state index in [0.29, 0.717) is 11.6 Å². The van der Waals surface area contributed by atoms with Crippen LogP contribution in [0.5, 0.6) is 0 Å². The quantitative estimate of drug-likeness (QED) is 0.876. The number of rotatable bonds is 3. The molecule has 1 N–H and O–H groups in total. The molecule has 0 aliphatic carbocycles. The molecule has 0 saturated carbocycles. The van der Waals surface area contributed by atoms with Crippen molar-refractivity contribution in [3.8, 4) is 0 Å². The first-order valence-electron chi connectivity index (χ1n) is 5.32. The number of nitrogens with zero attached hydrogens (tertiary/aromatic N) is 1. The molecule has 1 aromatic carbocycles. The van der Waals surface area contributed by atoms with Crippen LogP contribution in [0.2, 0.25) is 0 Å². The van der Waals surface area contributed by atoms with Gasteiger partial charge in [0.2, 0.25) is 0 Å². The van der Waals surface area contributed by atoms with E-state index in [0.717, 1.165) is 11.4 Å². The summed E-state index contributed by atoms with van der Waals surface area (Å²) in [6.45, 7) is 0. The third-order valence-electron chi connectivity index (χ3n) is 2.97. The fraction of sp³-hybridized carbons (Fsp3) is 0.417. The van der Waals surface area contributed by atoms with Crippen molar-refractivity contribution in [3.63, 3.8) is 0 Å². The van der Waals surface area contributed by atoms with Crippen molar-refractivity contribution >= 4 is 23.4 Å². The number of anilines is 1. The summed E-state index contributed by atoms with van der Waals surface area (Å²) in [7, 11) is 2.08. The lowest BCUT2D eigenvalue weighted by atomic mass is 10.1. The van der Waals surface area contributed by atoms with Crippen LogP contribution in [0.25, 0.3) is 0 Å². The van der Waals surface area contributed by atoms with Crippen molar-refractivity contribution in [2.24, 2.45) is 0 Å². The number of carboxylic acids is 1. The second kappa shape index (κ2) is 4.78. The Balaban J connectivity index is 2.11. The van der Waals surface area contributed by atoms with Gasteiger partial charge < -0.3 is 10.0 Å². The average Bonchev–Trinajstić information content (AvgIpc) is 2.81. The summed E-state index contributed by atoms with van der Waals surface area (Å²) >= 11 is 1.98. The van der Waals surface area contributed by atoms with Crippen LogP contribution in [0, 0.1) is 0 Å². The van der Waals surface area contributed by atoms with E-state index in [1.165, 1.54) is 12.2 Å². The van der Waals surface area contributed by atoms with Gasteiger partial charge in [-0.15, -0.1) is 0 Å². The van der Waals surface area contributed by atoms with Gasteiger partial charge in [-0.2, -0.15) is 11.8 Å². The maximum atomic E-state index is 10.7. The fourth-order valence-corrected chi connectivity index (χ4v) is 3.15. The maximum Gasteiger partial charge on any atom is 0.335 e. The molecule has 1 fully saturated rings. The Bertz CT molecular complexity index is 371. The molecule has 0 radical (unpaired) electrons.